The van der Waals surface area contributed by atoms with Crippen molar-refractivity contribution < 1.29 is 13.9 Å². The molecule has 0 saturated carbocycles. The van der Waals surface area contributed by atoms with Crippen LogP contribution >= 0.6 is 15.9 Å². The summed E-state index contributed by atoms with van der Waals surface area (Å²) in [7, 11) is 0. The lowest BCUT2D eigenvalue weighted by Gasteiger charge is -2.28. The number of piperidine rings is 1. The van der Waals surface area contributed by atoms with Crippen LogP contribution in [0.3, 0.4) is 0 Å². The number of ether oxygens (including phenoxy) is 1. The SMILES string of the molecule is O=C(/C=C/c1ccc(COc2ccc3cc(Br)ccc3c2)o1)c1ccc(N2CCCCC2)cc1. The van der Waals surface area contributed by atoms with E-state index in [0.29, 0.717) is 23.7 Å². The summed E-state index contributed by atoms with van der Waals surface area (Å²) in [6, 6.07) is 23.8. The number of allylic oxidation sites excluding steroid dienone is 1. The summed E-state index contributed by atoms with van der Waals surface area (Å²) >= 11 is 3.50. The highest BCUT2D eigenvalue weighted by molar-refractivity contribution is 9.10. The van der Waals surface area contributed by atoms with Crippen LogP contribution in [0, 0.1) is 0 Å². The highest BCUT2D eigenvalue weighted by atomic mass is 79.9. The fraction of sp³-hybridized carbons (Fsp3) is 0.207. The lowest BCUT2D eigenvalue weighted by Crippen LogP contribution is -2.29. The highest BCUT2D eigenvalue weighted by Gasteiger charge is 2.11. The van der Waals surface area contributed by atoms with Crippen LogP contribution in [-0.4, -0.2) is 18.9 Å². The topological polar surface area (TPSA) is 42.7 Å². The highest BCUT2D eigenvalue weighted by Crippen LogP contribution is 2.25. The number of rotatable bonds is 7. The molecule has 5 rings (SSSR count). The summed E-state index contributed by atoms with van der Waals surface area (Å²) in [5, 5.41) is 2.27. The molecule has 1 saturated heterocycles. The van der Waals surface area contributed by atoms with Gasteiger partial charge in [0.15, 0.2) is 5.78 Å². The summed E-state index contributed by atoms with van der Waals surface area (Å²) in [4.78, 5) is 15.0. The van der Waals surface area contributed by atoms with Crippen molar-refractivity contribution in [2.45, 2.75) is 25.9 Å². The minimum Gasteiger partial charge on any atom is -0.486 e. The maximum absolute atomic E-state index is 12.6. The molecule has 1 aromatic heterocycles. The molecule has 0 unspecified atom stereocenters. The van der Waals surface area contributed by atoms with Crippen LogP contribution in [0.2, 0.25) is 0 Å². The van der Waals surface area contributed by atoms with E-state index in [0.717, 1.165) is 34.1 Å². The van der Waals surface area contributed by atoms with Gasteiger partial charge in [-0.1, -0.05) is 28.1 Å². The summed E-state index contributed by atoms with van der Waals surface area (Å²) in [6.07, 6.45) is 7.04. The molecule has 4 nitrogen and oxygen atoms in total. The third-order valence-corrected chi connectivity index (χ3v) is 6.60. The van der Waals surface area contributed by atoms with Crippen LogP contribution in [0.1, 0.15) is 41.1 Å². The fourth-order valence-corrected chi connectivity index (χ4v) is 4.62. The molecular weight excluding hydrogens is 490 g/mol. The molecule has 1 fully saturated rings. The molecule has 0 atom stereocenters. The quantitative estimate of drug-likeness (QED) is 0.187. The Kier molecular flexibility index (Phi) is 6.82. The first-order valence-corrected chi connectivity index (χ1v) is 12.4. The Hall–Kier alpha value is -3.31. The van der Waals surface area contributed by atoms with Gasteiger partial charge >= 0.3 is 0 Å². The second kappa shape index (κ2) is 10.3. The Balaban J connectivity index is 1.17. The summed E-state index contributed by atoms with van der Waals surface area (Å²) in [5.41, 5.74) is 1.87. The van der Waals surface area contributed by atoms with E-state index in [1.54, 1.807) is 12.2 Å². The van der Waals surface area contributed by atoms with Crippen molar-refractivity contribution in [3.05, 3.63) is 100 Å². The first-order chi connectivity index (χ1) is 16.6. The van der Waals surface area contributed by atoms with E-state index in [1.807, 2.05) is 60.7 Å². The summed E-state index contributed by atoms with van der Waals surface area (Å²) in [5.74, 6) is 2.07. The van der Waals surface area contributed by atoms with Gasteiger partial charge in [-0.25, -0.2) is 0 Å². The Labute approximate surface area is 208 Å². The molecule has 0 radical (unpaired) electrons. The van der Waals surface area contributed by atoms with Crippen molar-refractivity contribution in [1.29, 1.82) is 0 Å². The van der Waals surface area contributed by atoms with Crippen LogP contribution < -0.4 is 9.64 Å². The number of anilines is 1. The van der Waals surface area contributed by atoms with Crippen LogP contribution in [0.15, 0.2) is 87.8 Å². The minimum atomic E-state index is -0.0396. The fourth-order valence-electron chi connectivity index (χ4n) is 4.24. The number of nitrogens with zero attached hydrogens (tertiary/aromatic N) is 1. The zero-order valence-electron chi connectivity index (χ0n) is 18.9. The molecular formula is C29H26BrNO3. The van der Waals surface area contributed by atoms with Crippen molar-refractivity contribution >= 4 is 44.2 Å². The predicted octanol–water partition coefficient (Wildman–Crippen LogP) is 7.66. The van der Waals surface area contributed by atoms with Crippen molar-refractivity contribution in [3.63, 3.8) is 0 Å². The molecule has 0 aliphatic carbocycles. The first-order valence-electron chi connectivity index (χ1n) is 11.6. The van der Waals surface area contributed by atoms with Gasteiger partial charge in [-0.15, -0.1) is 0 Å². The number of halogens is 1. The molecule has 2 heterocycles. The Morgan fingerprint density at radius 3 is 2.50 bits per heavy atom. The average molecular weight is 516 g/mol. The third-order valence-electron chi connectivity index (χ3n) is 6.11. The van der Waals surface area contributed by atoms with Crippen molar-refractivity contribution in [3.8, 4) is 5.75 Å². The van der Waals surface area contributed by atoms with Gasteiger partial charge in [-0.05, 0) is 103 Å². The van der Waals surface area contributed by atoms with E-state index < -0.39 is 0 Å². The molecule has 1 aliphatic rings. The van der Waals surface area contributed by atoms with Crippen LogP contribution in [0.25, 0.3) is 16.8 Å². The normalized spacial score (nSPS) is 14.1. The number of ketones is 1. The van der Waals surface area contributed by atoms with Crippen molar-refractivity contribution in [1.82, 2.24) is 0 Å². The molecule has 1 aliphatic heterocycles. The van der Waals surface area contributed by atoms with Gasteiger partial charge in [0.2, 0.25) is 0 Å². The molecule has 0 bridgehead atoms. The van der Waals surface area contributed by atoms with Crippen LogP contribution in [0.4, 0.5) is 5.69 Å². The van der Waals surface area contributed by atoms with E-state index in [1.165, 1.54) is 24.9 Å². The summed E-state index contributed by atoms with van der Waals surface area (Å²) < 4.78 is 12.8. The van der Waals surface area contributed by atoms with Gasteiger partial charge in [0, 0.05) is 28.8 Å². The number of furan rings is 1. The van der Waals surface area contributed by atoms with Gasteiger partial charge in [-0.3, -0.25) is 4.79 Å². The molecule has 34 heavy (non-hydrogen) atoms. The molecule has 0 N–H and O–H groups in total. The Morgan fingerprint density at radius 1 is 0.912 bits per heavy atom. The number of carbonyl (C=O) groups excluding carboxylic acids is 1. The van der Waals surface area contributed by atoms with Gasteiger partial charge in [0.1, 0.15) is 23.9 Å². The molecule has 5 heteroatoms. The third kappa shape index (κ3) is 5.42. The van der Waals surface area contributed by atoms with Gasteiger partial charge in [0.05, 0.1) is 0 Å². The lowest BCUT2D eigenvalue weighted by molar-refractivity contribution is 0.104. The molecule has 0 amide bonds. The smallest absolute Gasteiger partial charge is 0.185 e. The van der Waals surface area contributed by atoms with Gasteiger partial charge < -0.3 is 14.1 Å². The predicted molar refractivity (Wildman–Crippen MR) is 141 cm³/mol. The number of hydrogen-bond acceptors (Lipinski definition) is 4. The largest absolute Gasteiger partial charge is 0.486 e. The number of fused-ring (bicyclic) bond motifs is 1. The second-order valence-corrected chi connectivity index (χ2v) is 9.45. The van der Waals surface area contributed by atoms with Gasteiger partial charge in [0.25, 0.3) is 0 Å². The minimum absolute atomic E-state index is 0.0396. The lowest BCUT2D eigenvalue weighted by atomic mass is 10.1. The summed E-state index contributed by atoms with van der Waals surface area (Å²) in [6.45, 7) is 2.51. The van der Waals surface area contributed by atoms with E-state index in [9.17, 15) is 4.79 Å². The molecule has 0 spiro atoms. The monoisotopic (exact) mass is 515 g/mol. The molecule has 3 aromatic carbocycles. The molecule has 172 valence electrons. The Bertz CT molecular complexity index is 1320. The van der Waals surface area contributed by atoms with E-state index >= 15 is 0 Å². The zero-order valence-corrected chi connectivity index (χ0v) is 20.5. The average Bonchev–Trinajstić information content (AvgIpc) is 3.34. The molecule has 4 aromatic rings. The second-order valence-electron chi connectivity index (χ2n) is 8.54. The zero-order chi connectivity index (χ0) is 23.3. The van der Waals surface area contributed by atoms with E-state index in [4.69, 9.17) is 9.15 Å². The maximum Gasteiger partial charge on any atom is 0.185 e. The standard InChI is InChI=1S/C29H26BrNO3/c30-24-8-4-23-19-27(11-7-22(23)18-24)33-20-28-13-12-26(34-28)14-15-29(32)21-5-9-25(10-6-21)31-16-2-1-3-17-31/h4-15,18-19H,1-3,16-17,20H2/b15-14+. The van der Waals surface area contributed by atoms with Crippen molar-refractivity contribution in [2.75, 3.05) is 18.0 Å². The van der Waals surface area contributed by atoms with E-state index in [-0.39, 0.29) is 5.78 Å². The number of carbonyl (C=O) groups is 1. The first kappa shape index (κ1) is 22.5. The van der Waals surface area contributed by atoms with Gasteiger partial charge in [-0.2, -0.15) is 0 Å². The maximum atomic E-state index is 12.6. The Morgan fingerprint density at radius 2 is 1.68 bits per heavy atom. The van der Waals surface area contributed by atoms with Crippen LogP contribution in [0.5, 0.6) is 5.75 Å². The van der Waals surface area contributed by atoms with E-state index in [2.05, 4.69) is 33.0 Å². The van der Waals surface area contributed by atoms with Crippen LogP contribution in [-0.2, 0) is 6.61 Å². The number of benzene rings is 3. The van der Waals surface area contributed by atoms with Crippen molar-refractivity contribution in [2.24, 2.45) is 0 Å². The number of hydrogen-bond donors (Lipinski definition) is 0.